The Kier molecular flexibility index (Phi) is 3.22. The molecule has 16 heavy (non-hydrogen) atoms. The number of carbonyl (C=O) groups excluding carboxylic acids is 2. The molecular formula is C11H18ClN2O2+. The number of amides is 2. The van der Waals surface area contributed by atoms with Crippen molar-refractivity contribution in [3.8, 4) is 0 Å². The lowest BCUT2D eigenvalue weighted by atomic mass is 9.77. The molecule has 1 N–H and O–H groups in total. The minimum absolute atomic E-state index is 0.0191. The van der Waals surface area contributed by atoms with E-state index < -0.39 is 0 Å². The second kappa shape index (κ2) is 4.34. The molecule has 0 aromatic heterocycles. The Bertz CT molecular complexity index is 311. The molecule has 0 unspecified atom stereocenters. The number of nitrogens with zero attached hydrogens (tertiary/aromatic N) is 1. The van der Waals surface area contributed by atoms with E-state index in [0.29, 0.717) is 18.8 Å². The molecule has 2 aliphatic heterocycles. The minimum atomic E-state index is -0.386. The number of likely N-dealkylation sites (tertiary alicyclic amines) is 2. The first-order chi connectivity index (χ1) is 7.59. The van der Waals surface area contributed by atoms with E-state index in [2.05, 4.69) is 7.05 Å². The average molecular weight is 246 g/mol. The lowest BCUT2D eigenvalue weighted by Crippen LogP contribution is -3.10. The molecule has 0 aromatic rings. The van der Waals surface area contributed by atoms with Crippen molar-refractivity contribution in [2.24, 2.45) is 5.41 Å². The smallest absolute Gasteiger partial charge is 0.236 e. The monoisotopic (exact) mass is 245 g/mol. The molecule has 90 valence electrons. The van der Waals surface area contributed by atoms with Crippen LogP contribution in [0.4, 0.5) is 0 Å². The molecule has 0 radical (unpaired) electrons. The summed E-state index contributed by atoms with van der Waals surface area (Å²) in [5, 5.41) is 0. The zero-order chi connectivity index (χ0) is 11.8. The lowest BCUT2D eigenvalue weighted by molar-refractivity contribution is -0.886. The van der Waals surface area contributed by atoms with Crippen LogP contribution >= 0.6 is 11.6 Å². The van der Waals surface area contributed by atoms with Gasteiger partial charge in [-0.1, -0.05) is 0 Å². The third-order valence-corrected chi connectivity index (χ3v) is 4.03. The normalized spacial score (nSPS) is 35.1. The van der Waals surface area contributed by atoms with E-state index in [4.69, 9.17) is 11.6 Å². The van der Waals surface area contributed by atoms with Crippen molar-refractivity contribution in [1.82, 2.24) is 4.90 Å². The van der Waals surface area contributed by atoms with E-state index in [1.165, 1.54) is 9.80 Å². The fourth-order valence-corrected chi connectivity index (χ4v) is 2.89. The summed E-state index contributed by atoms with van der Waals surface area (Å²) in [6, 6.07) is 0. The van der Waals surface area contributed by atoms with E-state index in [9.17, 15) is 9.59 Å². The predicted octanol–water partition coefficient (Wildman–Crippen LogP) is -0.721. The van der Waals surface area contributed by atoms with Gasteiger partial charge in [0.05, 0.1) is 25.6 Å². The highest BCUT2D eigenvalue weighted by molar-refractivity contribution is 6.18. The number of imide groups is 1. The van der Waals surface area contributed by atoms with Gasteiger partial charge in [0.15, 0.2) is 0 Å². The van der Waals surface area contributed by atoms with Gasteiger partial charge in [0, 0.05) is 31.7 Å². The molecule has 0 atom stereocenters. The zero-order valence-corrected chi connectivity index (χ0v) is 10.3. The topological polar surface area (TPSA) is 41.8 Å². The van der Waals surface area contributed by atoms with Crippen molar-refractivity contribution in [1.29, 1.82) is 0 Å². The van der Waals surface area contributed by atoms with Crippen molar-refractivity contribution in [2.75, 3.05) is 32.6 Å². The van der Waals surface area contributed by atoms with Gasteiger partial charge in [0.25, 0.3) is 0 Å². The predicted molar refractivity (Wildman–Crippen MR) is 60.3 cm³/mol. The maximum atomic E-state index is 12.2. The fraction of sp³-hybridized carbons (Fsp3) is 0.818. The number of halogens is 1. The van der Waals surface area contributed by atoms with Gasteiger partial charge in [-0.15, -0.1) is 11.6 Å². The molecule has 2 heterocycles. The van der Waals surface area contributed by atoms with Crippen molar-refractivity contribution in [3.63, 3.8) is 0 Å². The summed E-state index contributed by atoms with van der Waals surface area (Å²) in [6.07, 6.45) is 2.07. The van der Waals surface area contributed by atoms with Gasteiger partial charge in [-0.2, -0.15) is 0 Å². The molecule has 5 heteroatoms. The summed E-state index contributed by atoms with van der Waals surface area (Å²) in [5.74, 6) is 0.314. The molecule has 0 aliphatic carbocycles. The van der Waals surface area contributed by atoms with Crippen LogP contribution in [0.2, 0.25) is 0 Å². The molecule has 4 nitrogen and oxygen atoms in total. The number of nitrogens with one attached hydrogen (secondary N) is 1. The van der Waals surface area contributed by atoms with Crippen LogP contribution in [0, 0.1) is 5.41 Å². The highest BCUT2D eigenvalue weighted by atomic mass is 35.5. The molecule has 2 amide bonds. The summed E-state index contributed by atoms with van der Waals surface area (Å²) in [5.41, 5.74) is -0.386. The third kappa shape index (κ3) is 1.84. The summed E-state index contributed by atoms with van der Waals surface area (Å²) in [6.45, 7) is 2.32. The van der Waals surface area contributed by atoms with Crippen LogP contribution < -0.4 is 4.90 Å². The van der Waals surface area contributed by atoms with Crippen molar-refractivity contribution >= 4 is 23.4 Å². The second-order valence-corrected chi connectivity index (χ2v) is 5.33. The fourth-order valence-electron chi connectivity index (χ4n) is 2.72. The number of hydrogen-bond donors (Lipinski definition) is 1. The number of carbonyl (C=O) groups is 2. The van der Waals surface area contributed by atoms with Crippen molar-refractivity contribution in [3.05, 3.63) is 0 Å². The molecule has 1 spiro atoms. The maximum Gasteiger partial charge on any atom is 0.236 e. The number of hydrogen-bond acceptors (Lipinski definition) is 2. The van der Waals surface area contributed by atoms with Gasteiger partial charge >= 0.3 is 0 Å². The summed E-state index contributed by atoms with van der Waals surface area (Å²) >= 11 is 5.61. The number of piperidine rings is 1. The van der Waals surface area contributed by atoms with Gasteiger partial charge in [-0.3, -0.25) is 14.5 Å². The largest absolute Gasteiger partial charge is 0.337 e. The molecular weight excluding hydrogens is 228 g/mol. The Morgan fingerprint density at radius 1 is 1.38 bits per heavy atom. The molecule has 2 rings (SSSR count). The number of rotatable bonds is 2. The molecule has 0 saturated carbocycles. The zero-order valence-electron chi connectivity index (χ0n) is 9.59. The van der Waals surface area contributed by atoms with E-state index in [0.717, 1.165) is 25.9 Å². The van der Waals surface area contributed by atoms with Crippen LogP contribution in [-0.4, -0.2) is 49.3 Å². The standard InChI is InChI=1S/C11H17ClN2O2/c1-13-5-2-11(3-6-13)8-9(15)14(7-4-12)10(11)16/h2-8H2,1H3/p+1. The Hall–Kier alpha value is -0.610. The van der Waals surface area contributed by atoms with Crippen LogP contribution in [0.5, 0.6) is 0 Å². The molecule has 2 aliphatic rings. The second-order valence-electron chi connectivity index (χ2n) is 4.95. The van der Waals surface area contributed by atoms with Gasteiger partial charge in [-0.05, 0) is 0 Å². The van der Waals surface area contributed by atoms with Gasteiger partial charge in [0.1, 0.15) is 0 Å². The van der Waals surface area contributed by atoms with Crippen LogP contribution in [0.3, 0.4) is 0 Å². The van der Waals surface area contributed by atoms with Crippen LogP contribution in [-0.2, 0) is 9.59 Å². The first-order valence-corrected chi connectivity index (χ1v) is 6.34. The van der Waals surface area contributed by atoms with Crippen LogP contribution in [0.1, 0.15) is 19.3 Å². The summed E-state index contributed by atoms with van der Waals surface area (Å²) in [4.78, 5) is 26.8. The van der Waals surface area contributed by atoms with Gasteiger partial charge in [-0.25, -0.2) is 0 Å². The van der Waals surface area contributed by atoms with E-state index in [1.54, 1.807) is 0 Å². The Labute approximate surface area is 101 Å². The Morgan fingerprint density at radius 2 is 2.00 bits per heavy atom. The SMILES string of the molecule is C[NH+]1CCC2(CC1)CC(=O)N(CCCl)C2=O. The number of quaternary nitrogens is 1. The van der Waals surface area contributed by atoms with Crippen LogP contribution in [0.25, 0.3) is 0 Å². The van der Waals surface area contributed by atoms with E-state index in [1.807, 2.05) is 0 Å². The molecule has 2 fully saturated rings. The van der Waals surface area contributed by atoms with E-state index in [-0.39, 0.29) is 17.2 Å². The first kappa shape index (κ1) is 11.9. The lowest BCUT2D eigenvalue weighted by Gasteiger charge is -2.33. The molecule has 0 aromatic carbocycles. The third-order valence-electron chi connectivity index (χ3n) is 3.86. The average Bonchev–Trinajstić information content (AvgIpc) is 2.49. The minimum Gasteiger partial charge on any atom is -0.337 e. The Balaban J connectivity index is 2.13. The maximum absolute atomic E-state index is 12.2. The quantitative estimate of drug-likeness (QED) is 0.515. The Morgan fingerprint density at radius 3 is 2.56 bits per heavy atom. The number of alkyl halides is 1. The first-order valence-electron chi connectivity index (χ1n) is 5.81. The van der Waals surface area contributed by atoms with Gasteiger partial charge < -0.3 is 4.90 Å². The van der Waals surface area contributed by atoms with Gasteiger partial charge in [0.2, 0.25) is 11.8 Å². The van der Waals surface area contributed by atoms with Crippen LogP contribution in [0.15, 0.2) is 0 Å². The molecule has 2 saturated heterocycles. The summed E-state index contributed by atoms with van der Waals surface area (Å²) in [7, 11) is 2.13. The van der Waals surface area contributed by atoms with Crippen molar-refractivity contribution < 1.29 is 14.5 Å². The summed E-state index contributed by atoms with van der Waals surface area (Å²) < 4.78 is 0. The molecule has 0 bridgehead atoms. The van der Waals surface area contributed by atoms with Crippen molar-refractivity contribution in [2.45, 2.75) is 19.3 Å². The highest BCUT2D eigenvalue weighted by Gasteiger charge is 2.52. The highest BCUT2D eigenvalue weighted by Crippen LogP contribution is 2.39. The van der Waals surface area contributed by atoms with E-state index >= 15 is 0 Å².